The van der Waals surface area contributed by atoms with Gasteiger partial charge in [0.25, 0.3) is 0 Å². The van der Waals surface area contributed by atoms with E-state index in [9.17, 15) is 0 Å². The molecule has 0 spiro atoms. The number of pyridine rings is 1. The van der Waals surface area contributed by atoms with Gasteiger partial charge in [-0.25, -0.2) is 0 Å². The molecule has 0 unspecified atom stereocenters. The fourth-order valence-corrected chi connectivity index (χ4v) is 2.01. The summed E-state index contributed by atoms with van der Waals surface area (Å²) >= 11 is 0. The lowest BCUT2D eigenvalue weighted by molar-refractivity contribution is 0.309. The van der Waals surface area contributed by atoms with E-state index < -0.39 is 0 Å². The summed E-state index contributed by atoms with van der Waals surface area (Å²) in [5, 5.41) is 0. The van der Waals surface area contributed by atoms with Crippen molar-refractivity contribution in [3.05, 3.63) is 28.6 Å². The SMILES string of the molecule is Cc1cc(C)c2c(n1)CCN(C)C2. The molecule has 0 radical (unpaired) electrons. The quantitative estimate of drug-likeness (QED) is 0.598. The second-order valence-corrected chi connectivity index (χ2v) is 3.99. The number of aryl methyl sites for hydroxylation is 2. The first-order valence-electron chi connectivity index (χ1n) is 4.81. The minimum Gasteiger partial charge on any atom is -0.302 e. The highest BCUT2D eigenvalue weighted by Crippen LogP contribution is 2.20. The topological polar surface area (TPSA) is 16.1 Å². The van der Waals surface area contributed by atoms with E-state index in [1.807, 2.05) is 0 Å². The molecule has 2 nitrogen and oxygen atoms in total. The highest BCUT2D eigenvalue weighted by molar-refractivity contribution is 5.33. The zero-order chi connectivity index (χ0) is 9.42. The third kappa shape index (κ3) is 1.59. The van der Waals surface area contributed by atoms with Crippen LogP contribution in [0.15, 0.2) is 6.07 Å². The van der Waals surface area contributed by atoms with Crippen LogP contribution in [0.25, 0.3) is 0 Å². The van der Waals surface area contributed by atoms with E-state index in [1.165, 1.54) is 16.8 Å². The molecular formula is C11H16N2. The molecule has 1 aliphatic heterocycles. The Labute approximate surface area is 79.6 Å². The van der Waals surface area contributed by atoms with Crippen LogP contribution in [0.1, 0.15) is 22.5 Å². The van der Waals surface area contributed by atoms with Crippen LogP contribution in [0.3, 0.4) is 0 Å². The summed E-state index contributed by atoms with van der Waals surface area (Å²) in [5.41, 5.74) is 5.31. The predicted octanol–water partition coefficient (Wildman–Crippen LogP) is 1.69. The Hall–Kier alpha value is -0.890. The number of aromatic nitrogens is 1. The molecule has 0 saturated carbocycles. The molecule has 0 aromatic carbocycles. The summed E-state index contributed by atoms with van der Waals surface area (Å²) in [6.07, 6.45) is 1.11. The molecule has 1 aliphatic rings. The number of likely N-dealkylation sites (N-methyl/N-ethyl adjacent to an activating group) is 1. The summed E-state index contributed by atoms with van der Waals surface area (Å²) in [7, 11) is 2.17. The van der Waals surface area contributed by atoms with Gasteiger partial charge in [-0.05, 0) is 38.1 Å². The molecule has 0 saturated heterocycles. The van der Waals surface area contributed by atoms with E-state index in [4.69, 9.17) is 0 Å². The lowest BCUT2D eigenvalue weighted by Gasteiger charge is -2.25. The highest BCUT2D eigenvalue weighted by atomic mass is 15.1. The van der Waals surface area contributed by atoms with Gasteiger partial charge in [0.2, 0.25) is 0 Å². The first kappa shape index (κ1) is 8.70. The lowest BCUT2D eigenvalue weighted by atomic mass is 10.0. The van der Waals surface area contributed by atoms with Crippen molar-refractivity contribution in [1.29, 1.82) is 0 Å². The van der Waals surface area contributed by atoms with E-state index in [2.05, 4.69) is 36.8 Å². The molecule has 1 aromatic rings. The molecule has 0 atom stereocenters. The summed E-state index contributed by atoms with van der Waals surface area (Å²) < 4.78 is 0. The van der Waals surface area contributed by atoms with Crippen molar-refractivity contribution in [3.63, 3.8) is 0 Å². The van der Waals surface area contributed by atoms with E-state index in [0.717, 1.165) is 25.2 Å². The maximum absolute atomic E-state index is 4.58. The Morgan fingerprint density at radius 1 is 1.38 bits per heavy atom. The van der Waals surface area contributed by atoms with Crippen molar-refractivity contribution in [2.75, 3.05) is 13.6 Å². The van der Waals surface area contributed by atoms with Gasteiger partial charge in [0, 0.05) is 30.9 Å². The second-order valence-electron chi connectivity index (χ2n) is 3.99. The van der Waals surface area contributed by atoms with Gasteiger partial charge in [0.15, 0.2) is 0 Å². The van der Waals surface area contributed by atoms with Crippen LogP contribution >= 0.6 is 0 Å². The fraction of sp³-hybridized carbons (Fsp3) is 0.545. The Kier molecular flexibility index (Phi) is 2.08. The summed E-state index contributed by atoms with van der Waals surface area (Å²) in [6, 6.07) is 2.18. The van der Waals surface area contributed by atoms with Crippen LogP contribution in [0, 0.1) is 13.8 Å². The molecule has 2 heterocycles. The normalized spacial score (nSPS) is 17.2. The van der Waals surface area contributed by atoms with Crippen LogP contribution in [-0.4, -0.2) is 23.5 Å². The summed E-state index contributed by atoms with van der Waals surface area (Å²) in [5.74, 6) is 0. The van der Waals surface area contributed by atoms with Gasteiger partial charge in [-0.2, -0.15) is 0 Å². The third-order valence-corrected chi connectivity index (χ3v) is 2.72. The lowest BCUT2D eigenvalue weighted by Crippen LogP contribution is -2.28. The van der Waals surface area contributed by atoms with Gasteiger partial charge in [0.05, 0.1) is 0 Å². The number of hydrogen-bond acceptors (Lipinski definition) is 2. The van der Waals surface area contributed by atoms with Crippen LogP contribution < -0.4 is 0 Å². The van der Waals surface area contributed by atoms with Crippen LogP contribution in [0.2, 0.25) is 0 Å². The van der Waals surface area contributed by atoms with Crippen molar-refractivity contribution in [3.8, 4) is 0 Å². The number of fused-ring (bicyclic) bond motifs is 1. The van der Waals surface area contributed by atoms with Crippen molar-refractivity contribution in [2.24, 2.45) is 0 Å². The number of hydrogen-bond donors (Lipinski definition) is 0. The Morgan fingerprint density at radius 2 is 2.15 bits per heavy atom. The maximum atomic E-state index is 4.58. The minimum atomic E-state index is 1.06. The molecule has 0 amide bonds. The smallest absolute Gasteiger partial charge is 0.0467 e. The van der Waals surface area contributed by atoms with Gasteiger partial charge in [-0.3, -0.25) is 4.98 Å². The van der Waals surface area contributed by atoms with E-state index in [1.54, 1.807) is 0 Å². The summed E-state index contributed by atoms with van der Waals surface area (Å²) in [6.45, 7) is 6.47. The van der Waals surface area contributed by atoms with E-state index >= 15 is 0 Å². The van der Waals surface area contributed by atoms with Crippen LogP contribution in [0.4, 0.5) is 0 Å². The molecule has 0 bridgehead atoms. The van der Waals surface area contributed by atoms with Gasteiger partial charge < -0.3 is 4.90 Å². The van der Waals surface area contributed by atoms with Crippen molar-refractivity contribution in [2.45, 2.75) is 26.8 Å². The Balaban J connectivity index is 2.47. The molecule has 0 fully saturated rings. The fourth-order valence-electron chi connectivity index (χ4n) is 2.01. The summed E-state index contributed by atoms with van der Waals surface area (Å²) in [4.78, 5) is 6.94. The molecule has 2 rings (SSSR count). The van der Waals surface area contributed by atoms with Gasteiger partial charge in [-0.15, -0.1) is 0 Å². The molecule has 2 heteroatoms. The van der Waals surface area contributed by atoms with Gasteiger partial charge >= 0.3 is 0 Å². The molecule has 0 aliphatic carbocycles. The molecule has 1 aromatic heterocycles. The van der Waals surface area contributed by atoms with Crippen LogP contribution in [-0.2, 0) is 13.0 Å². The monoisotopic (exact) mass is 176 g/mol. The Morgan fingerprint density at radius 3 is 2.92 bits per heavy atom. The predicted molar refractivity (Wildman–Crippen MR) is 53.7 cm³/mol. The maximum Gasteiger partial charge on any atom is 0.0467 e. The van der Waals surface area contributed by atoms with E-state index in [0.29, 0.717) is 0 Å². The van der Waals surface area contributed by atoms with E-state index in [-0.39, 0.29) is 0 Å². The molecule has 13 heavy (non-hydrogen) atoms. The first-order chi connectivity index (χ1) is 6.16. The Bertz CT molecular complexity index is 331. The van der Waals surface area contributed by atoms with Crippen LogP contribution in [0.5, 0.6) is 0 Å². The van der Waals surface area contributed by atoms with Crippen molar-refractivity contribution >= 4 is 0 Å². The third-order valence-electron chi connectivity index (χ3n) is 2.72. The standard InChI is InChI=1S/C11H16N2/c1-8-6-9(2)12-11-4-5-13(3)7-10(8)11/h6H,4-5,7H2,1-3H3. The zero-order valence-electron chi connectivity index (χ0n) is 8.59. The van der Waals surface area contributed by atoms with Crippen molar-refractivity contribution in [1.82, 2.24) is 9.88 Å². The minimum absolute atomic E-state index is 1.06. The van der Waals surface area contributed by atoms with Gasteiger partial charge in [-0.1, -0.05) is 0 Å². The molecule has 70 valence electrons. The number of rotatable bonds is 0. The highest BCUT2D eigenvalue weighted by Gasteiger charge is 2.16. The largest absolute Gasteiger partial charge is 0.302 e. The average molecular weight is 176 g/mol. The first-order valence-corrected chi connectivity index (χ1v) is 4.81. The molecule has 0 N–H and O–H groups in total. The zero-order valence-corrected chi connectivity index (χ0v) is 8.59. The second kappa shape index (κ2) is 3.11. The van der Waals surface area contributed by atoms with Crippen molar-refractivity contribution < 1.29 is 0 Å². The van der Waals surface area contributed by atoms with Gasteiger partial charge in [0.1, 0.15) is 0 Å². The number of nitrogens with zero attached hydrogens (tertiary/aromatic N) is 2. The molecular weight excluding hydrogens is 160 g/mol. The average Bonchev–Trinajstić information content (AvgIpc) is 2.06.